The first kappa shape index (κ1) is 38.6. The van der Waals surface area contributed by atoms with Gasteiger partial charge in [0.25, 0.3) is 0 Å². The fourth-order valence-corrected chi connectivity index (χ4v) is 16.7. The van der Waals surface area contributed by atoms with Crippen LogP contribution in [0.3, 0.4) is 0 Å². The molecular formula is C64H42N2OSi. The minimum atomic E-state index is -3.27. The number of rotatable bonds is 6. The van der Waals surface area contributed by atoms with Crippen LogP contribution >= 0.6 is 0 Å². The maximum absolute atomic E-state index is 7.18. The summed E-state index contributed by atoms with van der Waals surface area (Å²) in [5.41, 5.74) is 11.8. The highest BCUT2D eigenvalue weighted by atomic mass is 28.3. The summed E-state index contributed by atoms with van der Waals surface area (Å²) < 4.78 is 12.1. The summed E-state index contributed by atoms with van der Waals surface area (Å²) in [6, 6.07) is 93.9. The number of para-hydroxylation sites is 5. The van der Waals surface area contributed by atoms with E-state index in [4.69, 9.17) is 4.74 Å². The zero-order valence-corrected chi connectivity index (χ0v) is 38.1. The van der Waals surface area contributed by atoms with E-state index < -0.39 is 8.07 Å². The van der Waals surface area contributed by atoms with Gasteiger partial charge < -0.3 is 13.9 Å². The normalized spacial score (nSPS) is 14.4. The minimum Gasteiger partial charge on any atom is -0.458 e. The maximum Gasteiger partial charge on any atom is 0.188 e. The summed E-state index contributed by atoms with van der Waals surface area (Å²) in [6.07, 6.45) is 0. The highest BCUT2D eigenvalue weighted by Gasteiger charge is 2.49. The van der Waals surface area contributed by atoms with Crippen molar-refractivity contribution in [2.75, 3.05) is 0 Å². The molecule has 0 saturated heterocycles. The van der Waals surface area contributed by atoms with Crippen molar-refractivity contribution in [3.05, 3.63) is 255 Å². The van der Waals surface area contributed by atoms with E-state index in [0.29, 0.717) is 0 Å². The molecule has 1 atom stereocenters. The lowest BCUT2D eigenvalue weighted by molar-refractivity contribution is 0.487. The molecule has 1 aliphatic rings. The third kappa shape index (κ3) is 5.65. The maximum atomic E-state index is 7.18. The molecule has 0 saturated carbocycles. The smallest absolute Gasteiger partial charge is 0.188 e. The van der Waals surface area contributed by atoms with Gasteiger partial charge in [-0.1, -0.05) is 200 Å². The SMILES string of the molecule is c1ccc(-c2ccc(-c3ccc4c(c3)Oc3ccccc3[Si]4(c3ccc4c5ccccc5n(-c5ccccc5)c4c3)c3cccc4c(-n5c6ccccc6c6ccccc65)cccc34)cc2)cc1. The Balaban J connectivity index is 1.08. The van der Waals surface area contributed by atoms with E-state index in [1.807, 2.05) is 0 Å². The Morgan fingerprint density at radius 2 is 0.779 bits per heavy atom. The molecule has 0 amide bonds. The fraction of sp³-hybridized carbons (Fsp3) is 0. The summed E-state index contributed by atoms with van der Waals surface area (Å²) >= 11 is 0. The Kier molecular flexibility index (Phi) is 8.60. The standard InChI is InChI=1S/C64H42N2OSi/c1-3-17-43(18-4-1)44-33-35-45(36-34-44)46-37-40-64-61(41-46)67-60-30-13-14-31-63(60)68(64,48-38-39-53-51-23-7-10-26-55(51)65(59(53)42-48)47-19-5-2-6-20-47)62-32-16-24-52-54(62)25-15-29-58(52)66-56-27-11-8-21-49(56)50-22-9-12-28-57(50)66/h1-42H. The zero-order chi connectivity index (χ0) is 44.8. The molecule has 14 rings (SSSR count). The Bertz CT molecular complexity index is 4060. The molecule has 11 aromatic carbocycles. The molecule has 0 N–H and O–H groups in total. The van der Waals surface area contributed by atoms with Crippen molar-refractivity contribution in [1.82, 2.24) is 9.13 Å². The van der Waals surface area contributed by atoms with Crippen LogP contribution in [0.4, 0.5) is 0 Å². The van der Waals surface area contributed by atoms with E-state index in [1.54, 1.807) is 0 Å². The van der Waals surface area contributed by atoms with E-state index in [0.717, 1.165) is 28.3 Å². The summed E-state index contributed by atoms with van der Waals surface area (Å²) in [5, 5.41) is 12.5. The third-order valence-electron chi connectivity index (χ3n) is 14.5. The largest absolute Gasteiger partial charge is 0.458 e. The summed E-state index contributed by atoms with van der Waals surface area (Å²) in [4.78, 5) is 0. The van der Waals surface area contributed by atoms with Crippen LogP contribution in [-0.4, -0.2) is 17.2 Å². The van der Waals surface area contributed by atoms with Gasteiger partial charge in [0.05, 0.1) is 27.8 Å². The van der Waals surface area contributed by atoms with E-state index in [2.05, 4.69) is 264 Å². The summed E-state index contributed by atoms with van der Waals surface area (Å²) in [7, 11) is -3.27. The van der Waals surface area contributed by atoms with Gasteiger partial charge in [0.1, 0.15) is 11.5 Å². The van der Waals surface area contributed by atoms with Crippen molar-refractivity contribution < 1.29 is 4.74 Å². The van der Waals surface area contributed by atoms with Gasteiger partial charge >= 0.3 is 0 Å². The van der Waals surface area contributed by atoms with E-state index in [-0.39, 0.29) is 0 Å². The molecule has 0 radical (unpaired) electrons. The number of fused-ring (bicyclic) bond motifs is 9. The van der Waals surface area contributed by atoms with Gasteiger partial charge in [-0.05, 0) is 103 Å². The van der Waals surface area contributed by atoms with Gasteiger partial charge in [-0.15, -0.1) is 0 Å². The first-order chi connectivity index (χ1) is 33.7. The average molecular weight is 883 g/mol. The lowest BCUT2D eigenvalue weighted by Crippen LogP contribution is -2.76. The van der Waals surface area contributed by atoms with Crippen LogP contribution in [0.1, 0.15) is 0 Å². The first-order valence-electron chi connectivity index (χ1n) is 23.4. The molecule has 0 fully saturated rings. The fourth-order valence-electron chi connectivity index (χ4n) is 11.5. The first-order valence-corrected chi connectivity index (χ1v) is 25.4. The van der Waals surface area contributed by atoms with Crippen molar-refractivity contribution in [1.29, 1.82) is 0 Å². The molecule has 0 aliphatic carbocycles. The van der Waals surface area contributed by atoms with E-state index in [1.165, 1.54) is 91.9 Å². The van der Waals surface area contributed by atoms with Gasteiger partial charge in [-0.2, -0.15) is 0 Å². The Morgan fingerprint density at radius 1 is 0.279 bits per heavy atom. The number of benzene rings is 11. The molecule has 1 unspecified atom stereocenters. The van der Waals surface area contributed by atoms with Crippen LogP contribution < -0.4 is 25.5 Å². The van der Waals surface area contributed by atoms with Crippen LogP contribution in [0, 0.1) is 0 Å². The second-order valence-corrected chi connectivity index (χ2v) is 21.7. The number of nitrogens with zero attached hydrogens (tertiary/aromatic N) is 2. The van der Waals surface area contributed by atoms with Gasteiger partial charge in [0.2, 0.25) is 0 Å². The molecule has 3 heterocycles. The minimum absolute atomic E-state index is 0.902. The monoisotopic (exact) mass is 882 g/mol. The molecule has 68 heavy (non-hydrogen) atoms. The van der Waals surface area contributed by atoms with Gasteiger partial charge in [0, 0.05) is 32.6 Å². The van der Waals surface area contributed by atoms with Crippen molar-refractivity contribution in [3.8, 4) is 45.1 Å². The molecule has 1 aliphatic heterocycles. The van der Waals surface area contributed by atoms with Crippen LogP contribution in [0.2, 0.25) is 0 Å². The molecule has 2 aromatic heterocycles. The lowest BCUT2D eigenvalue weighted by atomic mass is 10.0. The molecule has 0 spiro atoms. The van der Waals surface area contributed by atoms with Gasteiger partial charge in [-0.25, -0.2) is 0 Å². The van der Waals surface area contributed by atoms with Crippen molar-refractivity contribution >= 4 is 83.2 Å². The van der Waals surface area contributed by atoms with E-state index >= 15 is 0 Å². The number of hydrogen-bond donors (Lipinski definition) is 0. The quantitative estimate of drug-likeness (QED) is 0.152. The Morgan fingerprint density at radius 3 is 1.50 bits per heavy atom. The summed E-state index contributed by atoms with van der Waals surface area (Å²) in [6.45, 7) is 0. The highest BCUT2D eigenvalue weighted by molar-refractivity contribution is 7.21. The predicted octanol–water partition coefficient (Wildman–Crippen LogP) is 13.9. The molecule has 318 valence electrons. The van der Waals surface area contributed by atoms with Crippen LogP contribution in [0.15, 0.2) is 255 Å². The van der Waals surface area contributed by atoms with Crippen LogP contribution in [0.5, 0.6) is 11.5 Å². The van der Waals surface area contributed by atoms with Crippen molar-refractivity contribution in [2.24, 2.45) is 0 Å². The molecule has 3 nitrogen and oxygen atoms in total. The number of ether oxygens (including phenoxy) is 1. The van der Waals surface area contributed by atoms with E-state index in [9.17, 15) is 0 Å². The second-order valence-electron chi connectivity index (χ2n) is 18.0. The summed E-state index contributed by atoms with van der Waals surface area (Å²) in [5.74, 6) is 1.81. The Labute approximate surface area is 395 Å². The molecule has 4 heteroatoms. The van der Waals surface area contributed by atoms with Crippen LogP contribution in [-0.2, 0) is 0 Å². The lowest BCUT2D eigenvalue weighted by Gasteiger charge is -2.40. The zero-order valence-electron chi connectivity index (χ0n) is 37.1. The average Bonchev–Trinajstić information content (AvgIpc) is 3.93. The Hall–Kier alpha value is -8.70. The molecule has 13 aromatic rings. The molecule has 0 bridgehead atoms. The highest BCUT2D eigenvalue weighted by Crippen LogP contribution is 2.39. The number of aromatic nitrogens is 2. The topological polar surface area (TPSA) is 19.1 Å². The third-order valence-corrected chi connectivity index (χ3v) is 19.3. The number of hydrogen-bond acceptors (Lipinski definition) is 1. The van der Waals surface area contributed by atoms with Crippen molar-refractivity contribution in [2.45, 2.75) is 0 Å². The molecular weight excluding hydrogens is 841 g/mol. The van der Waals surface area contributed by atoms with Crippen molar-refractivity contribution in [3.63, 3.8) is 0 Å². The van der Waals surface area contributed by atoms with Gasteiger partial charge in [-0.3, -0.25) is 0 Å². The van der Waals surface area contributed by atoms with Gasteiger partial charge in [0.15, 0.2) is 8.07 Å². The van der Waals surface area contributed by atoms with Crippen LogP contribution in [0.25, 0.3) is 88.0 Å². The predicted molar refractivity (Wildman–Crippen MR) is 287 cm³/mol. The second kappa shape index (κ2) is 15.2.